The van der Waals surface area contributed by atoms with Crippen LogP contribution in [0.5, 0.6) is 0 Å². The Labute approximate surface area is 129 Å². The monoisotopic (exact) mass is 314 g/mol. The van der Waals surface area contributed by atoms with E-state index in [0.717, 1.165) is 18.5 Å². The van der Waals surface area contributed by atoms with Gasteiger partial charge in [0, 0.05) is 17.3 Å². The summed E-state index contributed by atoms with van der Waals surface area (Å²) in [5.41, 5.74) is 1.16. The number of carbonyl (C=O) groups is 1. The number of aromatic nitrogens is 2. The molecule has 0 saturated carbocycles. The predicted molar refractivity (Wildman–Crippen MR) is 78.0 cm³/mol. The predicted octanol–water partition coefficient (Wildman–Crippen LogP) is 3.57. The van der Waals surface area contributed by atoms with Gasteiger partial charge in [-0.15, -0.1) is 0 Å². The van der Waals surface area contributed by atoms with E-state index in [0.29, 0.717) is 22.5 Å². The Morgan fingerprint density at radius 3 is 2.43 bits per heavy atom. The molecular weight excluding hydrogens is 305 g/mol. The first-order valence-electron chi connectivity index (χ1n) is 6.59. The van der Waals surface area contributed by atoms with Crippen LogP contribution in [0.4, 0.5) is 13.2 Å². The molecule has 0 saturated heterocycles. The highest BCUT2D eigenvalue weighted by Gasteiger charge is 2.30. The average molecular weight is 314 g/mol. The van der Waals surface area contributed by atoms with Gasteiger partial charge in [-0.3, -0.25) is 9.20 Å². The molecule has 0 unspecified atom stereocenters. The van der Waals surface area contributed by atoms with Crippen LogP contribution >= 0.6 is 0 Å². The van der Waals surface area contributed by atoms with Crippen molar-refractivity contribution in [2.24, 2.45) is 0 Å². The Balaban J connectivity index is 2.00. The fraction of sp³-hybridized carbons (Fsp3) is 0.0588. The Morgan fingerprint density at radius 2 is 1.78 bits per heavy atom. The zero-order valence-corrected chi connectivity index (χ0v) is 11.6. The van der Waals surface area contributed by atoms with E-state index in [1.165, 1.54) is 16.7 Å². The number of benzene rings is 1. The average Bonchev–Trinajstić information content (AvgIpc) is 2.95. The highest BCUT2D eigenvalue weighted by atomic mass is 19.4. The normalized spacial score (nSPS) is 11.1. The van der Waals surface area contributed by atoms with Crippen LogP contribution in [0.2, 0.25) is 0 Å². The van der Waals surface area contributed by atoms with Crippen LogP contribution in [0.1, 0.15) is 27.2 Å². The number of nitrogens with zero attached hydrogens (tertiary/aromatic N) is 2. The van der Waals surface area contributed by atoms with Crippen LogP contribution in [0.25, 0.3) is 5.65 Å². The van der Waals surface area contributed by atoms with Crippen molar-refractivity contribution in [3.63, 3.8) is 0 Å². The topological polar surface area (TPSA) is 34.4 Å². The van der Waals surface area contributed by atoms with Crippen molar-refractivity contribution in [1.82, 2.24) is 9.38 Å². The third-order valence-electron chi connectivity index (χ3n) is 3.21. The summed E-state index contributed by atoms with van der Waals surface area (Å²) in [4.78, 5) is 14.6. The maximum atomic E-state index is 12.8. The number of alkyl halides is 3. The highest BCUT2D eigenvalue weighted by Crippen LogP contribution is 2.29. The molecule has 2 heterocycles. The summed E-state index contributed by atoms with van der Waals surface area (Å²) in [6.45, 7) is 0. The molecule has 2 aromatic heterocycles. The van der Waals surface area contributed by atoms with Gasteiger partial charge in [0.1, 0.15) is 17.6 Å². The molecule has 6 heteroatoms. The molecule has 114 valence electrons. The Bertz CT molecular complexity index is 928. The van der Waals surface area contributed by atoms with Gasteiger partial charge in [0.15, 0.2) is 0 Å². The molecule has 3 aromatic rings. The van der Waals surface area contributed by atoms with E-state index in [2.05, 4.69) is 16.8 Å². The number of aldehydes is 1. The molecular formula is C17H9F3N2O. The zero-order chi connectivity index (χ0) is 16.4. The molecule has 0 atom stereocenters. The molecule has 3 rings (SSSR count). The summed E-state index contributed by atoms with van der Waals surface area (Å²) in [6, 6.07) is 8.85. The summed E-state index contributed by atoms with van der Waals surface area (Å²) in [5.74, 6) is 5.64. The van der Waals surface area contributed by atoms with Crippen molar-refractivity contribution in [3.05, 3.63) is 71.2 Å². The molecule has 0 radical (unpaired) electrons. The van der Waals surface area contributed by atoms with Gasteiger partial charge in [0.25, 0.3) is 0 Å². The second-order valence-corrected chi connectivity index (χ2v) is 4.78. The van der Waals surface area contributed by atoms with Crippen LogP contribution in [0.15, 0.2) is 48.8 Å². The quantitative estimate of drug-likeness (QED) is 0.508. The van der Waals surface area contributed by atoms with E-state index in [4.69, 9.17) is 0 Å². The number of pyridine rings is 1. The molecule has 0 aliphatic heterocycles. The van der Waals surface area contributed by atoms with Gasteiger partial charge >= 0.3 is 6.18 Å². The molecule has 3 nitrogen and oxygen atoms in total. The van der Waals surface area contributed by atoms with Crippen molar-refractivity contribution in [2.45, 2.75) is 6.18 Å². The smallest absolute Gasteiger partial charge is 0.298 e. The summed E-state index contributed by atoms with van der Waals surface area (Å²) in [7, 11) is 0. The third-order valence-corrected chi connectivity index (χ3v) is 3.21. The van der Waals surface area contributed by atoms with Gasteiger partial charge in [-0.1, -0.05) is 18.1 Å². The first-order chi connectivity index (χ1) is 11.0. The number of carbonyl (C=O) groups excluding carboxylic acids is 1. The first kappa shape index (κ1) is 14.9. The number of hydrogen-bond acceptors (Lipinski definition) is 2. The zero-order valence-electron chi connectivity index (χ0n) is 11.6. The molecule has 0 aliphatic carbocycles. The molecule has 0 amide bonds. The van der Waals surface area contributed by atoms with E-state index >= 15 is 0 Å². The van der Waals surface area contributed by atoms with E-state index in [-0.39, 0.29) is 0 Å². The van der Waals surface area contributed by atoms with Gasteiger partial charge < -0.3 is 0 Å². The van der Waals surface area contributed by atoms with Crippen molar-refractivity contribution in [2.75, 3.05) is 0 Å². The van der Waals surface area contributed by atoms with Crippen molar-refractivity contribution >= 4 is 11.9 Å². The number of halogens is 3. The number of fused-ring (bicyclic) bond motifs is 1. The minimum Gasteiger partial charge on any atom is -0.298 e. The molecule has 0 bridgehead atoms. The molecule has 0 spiro atoms. The standard InChI is InChI=1S/C17H9F3N2O/c18-17(19,20)14-6-8-16-21-9-15(22(16)10-14)7-5-12-1-3-13(11-23)4-2-12/h1-4,6,8-11H. The molecule has 0 aliphatic rings. The summed E-state index contributed by atoms with van der Waals surface area (Å²) >= 11 is 0. The lowest BCUT2D eigenvalue weighted by atomic mass is 10.1. The van der Waals surface area contributed by atoms with Crippen molar-refractivity contribution in [1.29, 1.82) is 0 Å². The van der Waals surface area contributed by atoms with Crippen LogP contribution in [0.3, 0.4) is 0 Å². The van der Waals surface area contributed by atoms with Gasteiger partial charge in [0.2, 0.25) is 0 Å². The summed E-state index contributed by atoms with van der Waals surface area (Å²) < 4.78 is 39.6. The number of rotatable bonds is 1. The minimum atomic E-state index is -4.42. The maximum Gasteiger partial charge on any atom is 0.417 e. The first-order valence-corrected chi connectivity index (χ1v) is 6.59. The van der Waals surface area contributed by atoms with E-state index in [1.807, 2.05) is 0 Å². The maximum absolute atomic E-state index is 12.8. The van der Waals surface area contributed by atoms with E-state index in [9.17, 15) is 18.0 Å². The Hall–Kier alpha value is -3.07. The van der Waals surface area contributed by atoms with Crippen LogP contribution < -0.4 is 0 Å². The fourth-order valence-corrected chi connectivity index (χ4v) is 2.02. The second-order valence-electron chi connectivity index (χ2n) is 4.78. The van der Waals surface area contributed by atoms with E-state index < -0.39 is 11.7 Å². The van der Waals surface area contributed by atoms with Gasteiger partial charge in [-0.2, -0.15) is 13.2 Å². The molecule has 23 heavy (non-hydrogen) atoms. The third kappa shape index (κ3) is 3.09. The lowest BCUT2D eigenvalue weighted by Gasteiger charge is -2.06. The van der Waals surface area contributed by atoms with Crippen molar-refractivity contribution in [3.8, 4) is 11.8 Å². The van der Waals surface area contributed by atoms with Gasteiger partial charge in [-0.05, 0) is 30.2 Å². The Kier molecular flexibility index (Phi) is 3.62. The minimum absolute atomic E-state index is 0.352. The van der Waals surface area contributed by atoms with Gasteiger partial charge in [0.05, 0.1) is 11.8 Å². The molecule has 1 aromatic carbocycles. The van der Waals surface area contributed by atoms with Crippen LogP contribution in [-0.2, 0) is 6.18 Å². The lowest BCUT2D eigenvalue weighted by Crippen LogP contribution is -2.06. The van der Waals surface area contributed by atoms with Crippen molar-refractivity contribution < 1.29 is 18.0 Å². The van der Waals surface area contributed by atoms with Gasteiger partial charge in [-0.25, -0.2) is 4.98 Å². The highest BCUT2D eigenvalue weighted by molar-refractivity contribution is 5.74. The van der Waals surface area contributed by atoms with Crippen LogP contribution in [0, 0.1) is 11.8 Å². The van der Waals surface area contributed by atoms with E-state index in [1.54, 1.807) is 24.3 Å². The second kappa shape index (κ2) is 5.61. The summed E-state index contributed by atoms with van der Waals surface area (Å²) in [5, 5.41) is 0. The molecule has 0 N–H and O–H groups in total. The number of imidazole rings is 1. The largest absolute Gasteiger partial charge is 0.417 e. The lowest BCUT2D eigenvalue weighted by molar-refractivity contribution is -0.137. The summed E-state index contributed by atoms with van der Waals surface area (Å²) in [6.07, 6.45) is -1.31. The number of hydrogen-bond donors (Lipinski definition) is 0. The fourth-order valence-electron chi connectivity index (χ4n) is 2.02. The SMILES string of the molecule is O=Cc1ccc(C#Cc2cnc3ccc(C(F)(F)F)cn23)cc1. The van der Waals surface area contributed by atoms with Crippen LogP contribution in [-0.4, -0.2) is 15.7 Å². The molecule has 0 fully saturated rings. The Morgan fingerprint density at radius 1 is 1.04 bits per heavy atom.